The number of hydrazone groups is 1. The molecule has 0 saturated heterocycles. The van der Waals surface area contributed by atoms with Crippen LogP contribution in [0.2, 0.25) is 0 Å². The quantitative estimate of drug-likeness (QED) is 0.164. The van der Waals surface area contributed by atoms with E-state index in [1.165, 1.54) is 47.9 Å². The molecule has 0 fully saturated rings. The molecule has 0 spiro atoms. The third-order valence-corrected chi connectivity index (χ3v) is 6.39. The van der Waals surface area contributed by atoms with Gasteiger partial charge >= 0.3 is 10.1 Å². The maximum Gasteiger partial charge on any atom is 0.339 e. The number of benzene rings is 3. The van der Waals surface area contributed by atoms with Crippen molar-refractivity contribution in [3.8, 4) is 17.0 Å². The Balaban J connectivity index is 1.46. The Morgan fingerprint density at radius 3 is 2.42 bits per heavy atom. The van der Waals surface area contributed by atoms with E-state index in [-0.39, 0.29) is 16.3 Å². The lowest BCUT2D eigenvalue weighted by Crippen LogP contribution is -2.10. The lowest BCUT2D eigenvalue weighted by molar-refractivity contribution is -0.384. The summed E-state index contributed by atoms with van der Waals surface area (Å²) in [6.45, 7) is 0. The Morgan fingerprint density at radius 1 is 1.00 bits per heavy atom. The molecule has 0 amide bonds. The average Bonchev–Trinajstić information content (AvgIpc) is 3.29. The van der Waals surface area contributed by atoms with Gasteiger partial charge in [-0.1, -0.05) is 30.3 Å². The third-order valence-electron chi connectivity index (χ3n) is 4.39. The molecule has 9 nitrogen and oxygen atoms in total. The fourth-order valence-corrected chi connectivity index (χ4v) is 4.43. The van der Waals surface area contributed by atoms with E-state index in [2.05, 4.69) is 15.5 Å². The van der Waals surface area contributed by atoms with Crippen molar-refractivity contribution in [3.05, 3.63) is 99.9 Å². The number of nitro groups is 1. The SMILES string of the molecule is O=[N+]([O-])c1ccc(-c2csc(NN=Cc3ccccc3OS(=O)(=O)c3ccccc3)n2)cc1. The molecule has 0 radical (unpaired) electrons. The van der Waals surface area contributed by atoms with Gasteiger partial charge in [0.25, 0.3) is 5.69 Å². The maximum absolute atomic E-state index is 12.5. The molecule has 11 heteroatoms. The maximum atomic E-state index is 12.5. The highest BCUT2D eigenvalue weighted by Gasteiger charge is 2.17. The minimum Gasteiger partial charge on any atom is -0.378 e. The van der Waals surface area contributed by atoms with E-state index < -0.39 is 15.0 Å². The van der Waals surface area contributed by atoms with Crippen molar-refractivity contribution in [1.82, 2.24) is 4.98 Å². The number of thiazole rings is 1. The zero-order chi connectivity index (χ0) is 23.3. The number of anilines is 1. The molecule has 166 valence electrons. The fourth-order valence-electron chi connectivity index (χ4n) is 2.79. The van der Waals surface area contributed by atoms with Gasteiger partial charge in [0.15, 0.2) is 5.75 Å². The van der Waals surface area contributed by atoms with E-state index in [1.54, 1.807) is 53.9 Å². The van der Waals surface area contributed by atoms with E-state index in [9.17, 15) is 18.5 Å². The molecule has 0 aliphatic heterocycles. The number of aromatic nitrogens is 1. The number of nitro benzene ring substituents is 1. The highest BCUT2D eigenvalue weighted by Crippen LogP contribution is 2.27. The Kier molecular flexibility index (Phi) is 6.43. The van der Waals surface area contributed by atoms with E-state index >= 15 is 0 Å². The van der Waals surface area contributed by atoms with Crippen LogP contribution in [0.3, 0.4) is 0 Å². The fraction of sp³-hybridized carbons (Fsp3) is 0. The first-order valence-corrected chi connectivity index (χ1v) is 11.8. The van der Waals surface area contributed by atoms with Crippen LogP contribution in [-0.4, -0.2) is 24.5 Å². The molecular formula is C22H16N4O5S2. The molecule has 0 aliphatic carbocycles. The van der Waals surface area contributed by atoms with Crippen molar-refractivity contribution in [2.75, 3.05) is 5.43 Å². The molecule has 4 aromatic rings. The number of non-ortho nitro benzene ring substituents is 1. The summed E-state index contributed by atoms with van der Waals surface area (Å²) in [5.41, 5.74) is 4.64. The molecule has 3 aromatic carbocycles. The highest BCUT2D eigenvalue weighted by atomic mass is 32.2. The Hall–Kier alpha value is -4.09. The van der Waals surface area contributed by atoms with Gasteiger partial charge in [-0.15, -0.1) is 11.3 Å². The molecule has 1 heterocycles. The van der Waals surface area contributed by atoms with Gasteiger partial charge in [-0.25, -0.2) is 4.98 Å². The summed E-state index contributed by atoms with van der Waals surface area (Å²) in [4.78, 5) is 14.8. The van der Waals surface area contributed by atoms with Crippen molar-refractivity contribution in [1.29, 1.82) is 0 Å². The van der Waals surface area contributed by atoms with Gasteiger partial charge in [0.05, 0.1) is 16.8 Å². The van der Waals surface area contributed by atoms with Gasteiger partial charge in [-0.05, 0) is 36.4 Å². The summed E-state index contributed by atoms with van der Waals surface area (Å²) in [6.07, 6.45) is 1.43. The lowest BCUT2D eigenvalue weighted by Gasteiger charge is -2.09. The first-order valence-electron chi connectivity index (χ1n) is 9.50. The Labute approximate surface area is 193 Å². The van der Waals surface area contributed by atoms with Crippen molar-refractivity contribution >= 4 is 38.5 Å². The first kappa shape index (κ1) is 22.1. The molecule has 1 aromatic heterocycles. The zero-order valence-corrected chi connectivity index (χ0v) is 18.5. The second kappa shape index (κ2) is 9.59. The lowest BCUT2D eigenvalue weighted by atomic mass is 10.1. The molecule has 0 saturated carbocycles. The molecule has 33 heavy (non-hydrogen) atoms. The van der Waals surface area contributed by atoms with E-state index in [0.717, 1.165) is 5.56 Å². The van der Waals surface area contributed by atoms with Crippen molar-refractivity contribution in [2.45, 2.75) is 4.90 Å². The standard InChI is InChI=1S/C22H16N4O5S2/c27-26(28)18-12-10-16(11-13-18)20-15-32-22(24-20)25-23-14-17-6-4-5-9-21(17)31-33(29,30)19-7-2-1-3-8-19/h1-15H,(H,24,25). The summed E-state index contributed by atoms with van der Waals surface area (Å²) in [5, 5.41) is 17.2. The molecule has 0 aliphatic rings. The Bertz CT molecular complexity index is 1400. The number of hydrogen-bond donors (Lipinski definition) is 1. The van der Waals surface area contributed by atoms with Crippen LogP contribution in [0.4, 0.5) is 10.8 Å². The smallest absolute Gasteiger partial charge is 0.339 e. The van der Waals surface area contributed by atoms with Crippen LogP contribution >= 0.6 is 11.3 Å². The van der Waals surface area contributed by atoms with Crippen LogP contribution in [-0.2, 0) is 10.1 Å². The number of para-hydroxylation sites is 1. The summed E-state index contributed by atoms with van der Waals surface area (Å²) >= 11 is 1.30. The molecule has 1 N–H and O–H groups in total. The molecule has 4 rings (SSSR count). The predicted molar refractivity (Wildman–Crippen MR) is 126 cm³/mol. The van der Waals surface area contributed by atoms with Gasteiger partial charge in [0.2, 0.25) is 5.13 Å². The zero-order valence-electron chi connectivity index (χ0n) is 16.9. The first-order chi connectivity index (χ1) is 15.9. The molecule has 0 atom stereocenters. The highest BCUT2D eigenvalue weighted by molar-refractivity contribution is 7.87. The van der Waals surface area contributed by atoms with Crippen LogP contribution in [0.25, 0.3) is 11.3 Å². The average molecular weight is 481 g/mol. The topological polar surface area (TPSA) is 124 Å². The second-order valence-electron chi connectivity index (χ2n) is 6.60. The van der Waals surface area contributed by atoms with Gasteiger partial charge < -0.3 is 4.18 Å². The number of hydrogen-bond acceptors (Lipinski definition) is 9. The largest absolute Gasteiger partial charge is 0.378 e. The van der Waals surface area contributed by atoms with Crippen LogP contribution in [0, 0.1) is 10.1 Å². The number of nitrogens with zero attached hydrogens (tertiary/aromatic N) is 3. The van der Waals surface area contributed by atoms with Gasteiger partial charge in [-0.3, -0.25) is 15.5 Å². The predicted octanol–water partition coefficient (Wildman–Crippen LogP) is 4.93. The number of rotatable bonds is 8. The Morgan fingerprint density at radius 2 is 1.70 bits per heavy atom. The second-order valence-corrected chi connectivity index (χ2v) is 9.00. The summed E-state index contributed by atoms with van der Waals surface area (Å²) in [5.74, 6) is 0.137. The summed E-state index contributed by atoms with van der Waals surface area (Å²) in [7, 11) is -3.98. The van der Waals surface area contributed by atoms with Crippen molar-refractivity contribution < 1.29 is 17.5 Å². The minimum atomic E-state index is -3.98. The van der Waals surface area contributed by atoms with Crippen LogP contribution in [0.5, 0.6) is 5.75 Å². The monoisotopic (exact) mass is 480 g/mol. The van der Waals surface area contributed by atoms with Gasteiger partial charge in [-0.2, -0.15) is 13.5 Å². The summed E-state index contributed by atoms with van der Waals surface area (Å²) < 4.78 is 30.3. The van der Waals surface area contributed by atoms with E-state index in [4.69, 9.17) is 4.18 Å². The van der Waals surface area contributed by atoms with Crippen LogP contribution in [0.1, 0.15) is 5.56 Å². The molecule has 0 unspecified atom stereocenters. The van der Waals surface area contributed by atoms with Crippen LogP contribution in [0.15, 0.2) is 94.2 Å². The van der Waals surface area contributed by atoms with Crippen molar-refractivity contribution in [3.63, 3.8) is 0 Å². The number of nitrogens with one attached hydrogen (secondary N) is 1. The normalized spacial score (nSPS) is 11.4. The third kappa shape index (κ3) is 5.40. The van der Waals surface area contributed by atoms with Crippen molar-refractivity contribution in [2.24, 2.45) is 5.10 Å². The van der Waals surface area contributed by atoms with Gasteiger partial charge in [0.1, 0.15) is 4.90 Å². The van der Waals surface area contributed by atoms with Gasteiger partial charge in [0, 0.05) is 28.6 Å². The minimum absolute atomic E-state index is 0.00657. The van der Waals surface area contributed by atoms with E-state index in [1.807, 2.05) is 0 Å². The molecular weight excluding hydrogens is 464 g/mol. The summed E-state index contributed by atoms with van der Waals surface area (Å²) in [6, 6.07) is 20.6. The van der Waals surface area contributed by atoms with Crippen LogP contribution < -0.4 is 9.61 Å². The molecule has 0 bridgehead atoms. The van der Waals surface area contributed by atoms with E-state index in [0.29, 0.717) is 16.4 Å².